The first-order valence-corrected chi connectivity index (χ1v) is 9.06. The highest BCUT2D eigenvalue weighted by Crippen LogP contribution is 2.13. The molecule has 0 amide bonds. The number of halogens is 1. The molecule has 27 heavy (non-hydrogen) atoms. The summed E-state index contributed by atoms with van der Waals surface area (Å²) >= 11 is 0. The summed E-state index contributed by atoms with van der Waals surface area (Å²) < 4.78 is 5.44. The zero-order valence-corrected chi connectivity index (χ0v) is 18.1. The lowest BCUT2D eigenvalue weighted by molar-refractivity contribution is 0.0341. The molecule has 0 saturated carbocycles. The lowest BCUT2D eigenvalue weighted by Crippen LogP contribution is -2.37. The fourth-order valence-corrected chi connectivity index (χ4v) is 2.96. The summed E-state index contributed by atoms with van der Waals surface area (Å²) in [5.41, 5.74) is 3.63. The Morgan fingerprint density at radius 3 is 2.44 bits per heavy atom. The molecular weight excluding hydrogens is 453 g/mol. The van der Waals surface area contributed by atoms with Crippen LogP contribution < -0.4 is 10.6 Å². The van der Waals surface area contributed by atoms with E-state index in [0.29, 0.717) is 6.54 Å². The minimum absolute atomic E-state index is 0. The van der Waals surface area contributed by atoms with Crippen molar-refractivity contribution in [1.29, 1.82) is 0 Å². The number of nitrogens with one attached hydrogen (secondary N) is 2. The molecule has 6 nitrogen and oxygen atoms in total. The van der Waals surface area contributed by atoms with Crippen LogP contribution in [0.1, 0.15) is 16.8 Å². The maximum absolute atomic E-state index is 5.44. The molecule has 0 unspecified atom stereocenters. The molecule has 146 valence electrons. The fraction of sp³-hybridized carbons (Fsp3) is 0.400. The molecule has 1 saturated heterocycles. The van der Waals surface area contributed by atoms with E-state index in [1.165, 1.54) is 11.1 Å². The highest BCUT2D eigenvalue weighted by atomic mass is 127. The van der Waals surface area contributed by atoms with Crippen LogP contribution in [0.5, 0.6) is 0 Å². The van der Waals surface area contributed by atoms with Crippen LogP contribution in [0.2, 0.25) is 0 Å². The molecule has 1 aromatic carbocycles. The summed E-state index contributed by atoms with van der Waals surface area (Å²) in [6.07, 6.45) is 1.80. The van der Waals surface area contributed by atoms with Crippen molar-refractivity contribution in [3.8, 4) is 0 Å². The largest absolute Gasteiger partial charge is 0.379 e. The van der Waals surface area contributed by atoms with Crippen molar-refractivity contribution in [1.82, 2.24) is 20.5 Å². The molecule has 0 bridgehead atoms. The minimum atomic E-state index is 0. The van der Waals surface area contributed by atoms with Gasteiger partial charge in [0.1, 0.15) is 0 Å². The van der Waals surface area contributed by atoms with Gasteiger partial charge in [0.2, 0.25) is 0 Å². The summed E-state index contributed by atoms with van der Waals surface area (Å²) in [6, 6.07) is 14.5. The number of benzene rings is 1. The Hall–Kier alpha value is -1.71. The first-order chi connectivity index (χ1) is 12.8. The van der Waals surface area contributed by atoms with Gasteiger partial charge in [0.05, 0.1) is 25.5 Å². The third kappa shape index (κ3) is 7.08. The van der Waals surface area contributed by atoms with E-state index >= 15 is 0 Å². The van der Waals surface area contributed by atoms with E-state index in [4.69, 9.17) is 4.74 Å². The summed E-state index contributed by atoms with van der Waals surface area (Å²) in [5.74, 6) is 0.775. The average molecular weight is 481 g/mol. The predicted molar refractivity (Wildman–Crippen MR) is 119 cm³/mol. The quantitative estimate of drug-likeness (QED) is 0.377. The molecule has 2 N–H and O–H groups in total. The van der Waals surface area contributed by atoms with Gasteiger partial charge in [0, 0.05) is 39.4 Å². The zero-order chi connectivity index (χ0) is 18.0. The molecule has 1 aromatic heterocycles. The standard InChI is InChI=1S/C20H27N5O.HI/c1-21-20(24-15-19-8-4-5-9-22-19)23-14-17-6-2-3-7-18(17)16-25-10-12-26-13-11-25;/h2-9H,10-16H2,1H3,(H2,21,23,24);1H. The average Bonchev–Trinajstić information content (AvgIpc) is 2.71. The van der Waals surface area contributed by atoms with Crippen molar-refractivity contribution in [2.45, 2.75) is 19.6 Å². The molecular formula is C20H28IN5O. The SMILES string of the molecule is CN=C(NCc1ccccn1)NCc1ccccc1CN1CCOCC1.I. The predicted octanol–water partition coefficient (Wildman–Crippen LogP) is 2.40. The van der Waals surface area contributed by atoms with Crippen LogP contribution in [0.25, 0.3) is 0 Å². The summed E-state index contributed by atoms with van der Waals surface area (Å²) in [5, 5.41) is 6.71. The molecule has 3 rings (SSSR count). The van der Waals surface area contributed by atoms with Crippen LogP contribution in [0, 0.1) is 0 Å². The Labute approximate surface area is 178 Å². The van der Waals surface area contributed by atoms with Gasteiger partial charge in [-0.05, 0) is 23.3 Å². The summed E-state index contributed by atoms with van der Waals surface area (Å²) in [4.78, 5) is 11.1. The topological polar surface area (TPSA) is 61.8 Å². The van der Waals surface area contributed by atoms with E-state index in [1.54, 1.807) is 13.2 Å². The van der Waals surface area contributed by atoms with E-state index in [-0.39, 0.29) is 24.0 Å². The van der Waals surface area contributed by atoms with E-state index < -0.39 is 0 Å². The van der Waals surface area contributed by atoms with Crippen molar-refractivity contribution < 1.29 is 4.74 Å². The molecule has 1 fully saturated rings. The first kappa shape index (κ1) is 21.6. The second-order valence-electron chi connectivity index (χ2n) is 6.26. The third-order valence-electron chi connectivity index (χ3n) is 4.45. The van der Waals surface area contributed by atoms with Crippen LogP contribution in [0.3, 0.4) is 0 Å². The maximum Gasteiger partial charge on any atom is 0.191 e. The number of guanidine groups is 1. The Morgan fingerprint density at radius 2 is 1.74 bits per heavy atom. The van der Waals surface area contributed by atoms with Crippen LogP contribution in [-0.2, 0) is 24.4 Å². The van der Waals surface area contributed by atoms with Gasteiger partial charge in [-0.25, -0.2) is 0 Å². The number of aromatic nitrogens is 1. The van der Waals surface area contributed by atoms with Crippen molar-refractivity contribution in [2.24, 2.45) is 4.99 Å². The molecule has 0 aliphatic carbocycles. The highest BCUT2D eigenvalue weighted by Gasteiger charge is 2.12. The zero-order valence-electron chi connectivity index (χ0n) is 15.7. The van der Waals surface area contributed by atoms with E-state index in [2.05, 4.69) is 49.8 Å². The second kappa shape index (κ2) is 11.9. The monoisotopic (exact) mass is 481 g/mol. The van der Waals surface area contributed by atoms with Gasteiger partial charge in [-0.1, -0.05) is 30.3 Å². The van der Waals surface area contributed by atoms with Gasteiger partial charge in [-0.3, -0.25) is 14.9 Å². The molecule has 1 aliphatic rings. The van der Waals surface area contributed by atoms with E-state index in [0.717, 1.165) is 51.0 Å². The number of ether oxygens (including phenoxy) is 1. The van der Waals surface area contributed by atoms with Crippen LogP contribution in [-0.4, -0.2) is 49.2 Å². The molecule has 0 radical (unpaired) electrons. The van der Waals surface area contributed by atoms with Gasteiger partial charge < -0.3 is 15.4 Å². The lowest BCUT2D eigenvalue weighted by Gasteiger charge is -2.27. The van der Waals surface area contributed by atoms with Gasteiger partial charge >= 0.3 is 0 Å². The lowest BCUT2D eigenvalue weighted by atomic mass is 10.1. The summed E-state index contributed by atoms with van der Waals surface area (Å²) in [6.45, 7) is 5.98. The van der Waals surface area contributed by atoms with Crippen LogP contribution >= 0.6 is 24.0 Å². The highest BCUT2D eigenvalue weighted by molar-refractivity contribution is 14.0. The van der Waals surface area contributed by atoms with Crippen LogP contribution in [0.15, 0.2) is 53.7 Å². The molecule has 0 atom stereocenters. The second-order valence-corrected chi connectivity index (χ2v) is 6.26. The van der Waals surface area contributed by atoms with Gasteiger partial charge in [0.15, 0.2) is 5.96 Å². The molecule has 2 aromatic rings. The minimum Gasteiger partial charge on any atom is -0.379 e. The summed E-state index contributed by atoms with van der Waals surface area (Å²) in [7, 11) is 1.79. The van der Waals surface area contributed by atoms with Gasteiger partial charge in [-0.2, -0.15) is 0 Å². The van der Waals surface area contributed by atoms with Crippen LogP contribution in [0.4, 0.5) is 0 Å². The molecule has 1 aliphatic heterocycles. The molecule has 7 heteroatoms. The number of nitrogens with zero attached hydrogens (tertiary/aromatic N) is 3. The Morgan fingerprint density at radius 1 is 1.04 bits per heavy atom. The first-order valence-electron chi connectivity index (χ1n) is 9.06. The smallest absolute Gasteiger partial charge is 0.191 e. The number of hydrogen-bond donors (Lipinski definition) is 2. The number of aliphatic imine (C=N–C) groups is 1. The fourth-order valence-electron chi connectivity index (χ4n) is 2.96. The Balaban J connectivity index is 0.00000261. The van der Waals surface area contributed by atoms with E-state index in [1.807, 2.05) is 18.2 Å². The number of morpholine rings is 1. The van der Waals surface area contributed by atoms with Crippen molar-refractivity contribution in [2.75, 3.05) is 33.4 Å². The van der Waals surface area contributed by atoms with Gasteiger partial charge in [0.25, 0.3) is 0 Å². The molecule has 2 heterocycles. The van der Waals surface area contributed by atoms with Crippen molar-refractivity contribution >= 4 is 29.9 Å². The van der Waals surface area contributed by atoms with Crippen molar-refractivity contribution in [3.05, 3.63) is 65.5 Å². The Kier molecular flexibility index (Phi) is 9.51. The third-order valence-corrected chi connectivity index (χ3v) is 4.45. The molecule has 0 spiro atoms. The maximum atomic E-state index is 5.44. The normalized spacial score (nSPS) is 15.1. The van der Waals surface area contributed by atoms with Crippen molar-refractivity contribution in [3.63, 3.8) is 0 Å². The number of pyridine rings is 1. The van der Waals surface area contributed by atoms with Gasteiger partial charge in [-0.15, -0.1) is 24.0 Å². The Bertz CT molecular complexity index is 705. The number of rotatable bonds is 6. The number of hydrogen-bond acceptors (Lipinski definition) is 4. The van der Waals surface area contributed by atoms with E-state index in [9.17, 15) is 0 Å².